The summed E-state index contributed by atoms with van der Waals surface area (Å²) in [7, 11) is 0. The number of hydrogen-bond acceptors (Lipinski definition) is 4. The van der Waals surface area contributed by atoms with Gasteiger partial charge in [0.05, 0.1) is 5.69 Å². The van der Waals surface area contributed by atoms with Crippen LogP contribution >= 0.6 is 11.3 Å². The van der Waals surface area contributed by atoms with Crippen LogP contribution in [0.15, 0.2) is 0 Å². The molecule has 2 rings (SSSR count). The van der Waals surface area contributed by atoms with Gasteiger partial charge in [-0.15, -0.1) is 11.3 Å². The Hall–Kier alpha value is -0.940. The Balaban J connectivity index is 2.38. The number of thiazole rings is 1. The lowest BCUT2D eigenvalue weighted by Gasteiger charge is -2.09. The van der Waals surface area contributed by atoms with Gasteiger partial charge in [-0.05, 0) is 0 Å². The lowest BCUT2D eigenvalue weighted by Crippen LogP contribution is -2.22. The second-order valence-electron chi connectivity index (χ2n) is 2.62. The third kappa shape index (κ3) is 1.21. The average Bonchev–Trinajstić information content (AvgIpc) is 2.46. The van der Waals surface area contributed by atoms with Gasteiger partial charge in [-0.3, -0.25) is 0 Å². The first-order chi connectivity index (χ1) is 5.77. The highest BCUT2D eigenvalue weighted by molar-refractivity contribution is 7.13. The van der Waals surface area contributed by atoms with Crippen molar-refractivity contribution in [1.29, 1.82) is 0 Å². The van der Waals surface area contributed by atoms with Crippen molar-refractivity contribution in [3.8, 4) is 0 Å². The number of carbonyl (C=O) groups is 1. The Kier molecular flexibility index (Phi) is 1.82. The van der Waals surface area contributed by atoms with E-state index in [4.69, 9.17) is 5.11 Å². The first kappa shape index (κ1) is 7.70. The quantitative estimate of drug-likeness (QED) is 0.666. The molecule has 5 heteroatoms. The molecule has 0 amide bonds. The van der Waals surface area contributed by atoms with Crippen LogP contribution in [0.4, 0.5) is 0 Å². The predicted molar refractivity (Wildman–Crippen MR) is 44.5 cm³/mol. The first-order valence-electron chi connectivity index (χ1n) is 3.70. The molecule has 0 unspecified atom stereocenters. The van der Waals surface area contributed by atoms with Crippen LogP contribution in [0.5, 0.6) is 0 Å². The molecule has 0 atom stereocenters. The molecule has 0 radical (unpaired) electrons. The maximum Gasteiger partial charge on any atom is 0.365 e. The van der Waals surface area contributed by atoms with Gasteiger partial charge < -0.3 is 10.4 Å². The minimum atomic E-state index is -0.922. The summed E-state index contributed by atoms with van der Waals surface area (Å²) in [4.78, 5) is 15.6. The fraction of sp³-hybridized carbons (Fsp3) is 0.429. The van der Waals surface area contributed by atoms with Gasteiger partial charge in [0.25, 0.3) is 0 Å². The lowest BCUT2D eigenvalue weighted by atomic mass is 10.2. The number of nitrogens with zero attached hydrogens (tertiary/aromatic N) is 1. The predicted octanol–water partition coefficient (Wildman–Crippen LogP) is 0.487. The summed E-state index contributed by atoms with van der Waals surface area (Å²) in [5, 5.41) is 12.0. The van der Waals surface area contributed by atoms with Gasteiger partial charge in [0, 0.05) is 24.4 Å². The van der Waals surface area contributed by atoms with E-state index in [0.29, 0.717) is 0 Å². The van der Waals surface area contributed by atoms with Crippen LogP contribution in [0.2, 0.25) is 0 Å². The number of carboxylic acids is 1. The highest BCUT2D eigenvalue weighted by atomic mass is 32.1. The fourth-order valence-corrected chi connectivity index (χ4v) is 2.13. The third-order valence-corrected chi connectivity index (χ3v) is 2.87. The second kappa shape index (κ2) is 2.84. The molecule has 0 saturated heterocycles. The number of rotatable bonds is 1. The summed E-state index contributed by atoms with van der Waals surface area (Å²) in [6, 6.07) is 0. The van der Waals surface area contributed by atoms with Gasteiger partial charge in [0.1, 0.15) is 0 Å². The zero-order chi connectivity index (χ0) is 8.55. The topological polar surface area (TPSA) is 62.2 Å². The molecule has 2 heterocycles. The molecule has 0 bridgehead atoms. The molecule has 4 nitrogen and oxygen atoms in total. The molecule has 1 aromatic heterocycles. The first-order valence-corrected chi connectivity index (χ1v) is 4.51. The van der Waals surface area contributed by atoms with Crippen LogP contribution < -0.4 is 5.32 Å². The lowest BCUT2D eigenvalue weighted by molar-refractivity contribution is 0.0696. The minimum Gasteiger partial charge on any atom is -0.476 e. The summed E-state index contributed by atoms with van der Waals surface area (Å²) < 4.78 is 0. The Morgan fingerprint density at radius 3 is 3.17 bits per heavy atom. The molecular weight excluding hydrogens is 176 g/mol. The molecule has 0 spiro atoms. The van der Waals surface area contributed by atoms with Crippen LogP contribution in [0.25, 0.3) is 0 Å². The largest absolute Gasteiger partial charge is 0.476 e. The summed E-state index contributed by atoms with van der Waals surface area (Å²) in [6.07, 6.45) is 0.846. The maximum absolute atomic E-state index is 10.5. The van der Waals surface area contributed by atoms with Crippen molar-refractivity contribution in [3.63, 3.8) is 0 Å². The summed E-state index contributed by atoms with van der Waals surface area (Å²) in [6.45, 7) is 1.66. The van der Waals surface area contributed by atoms with Gasteiger partial charge in [0.15, 0.2) is 0 Å². The van der Waals surface area contributed by atoms with Gasteiger partial charge in [0.2, 0.25) is 5.01 Å². The Bertz CT molecular complexity index is 298. The van der Waals surface area contributed by atoms with Crippen LogP contribution in [-0.2, 0) is 13.0 Å². The normalized spacial score (nSPS) is 15.7. The molecular formula is C7H8N2O2S. The van der Waals surface area contributed by atoms with Crippen LogP contribution in [0.1, 0.15) is 20.4 Å². The SMILES string of the molecule is O=C(O)c1nc2c(s1)CNCC2. The molecule has 64 valence electrons. The Morgan fingerprint density at radius 1 is 1.67 bits per heavy atom. The number of nitrogens with one attached hydrogen (secondary N) is 1. The summed E-state index contributed by atoms with van der Waals surface area (Å²) in [5.41, 5.74) is 0.955. The van der Waals surface area contributed by atoms with E-state index >= 15 is 0 Å². The van der Waals surface area contributed by atoms with E-state index in [0.717, 1.165) is 30.1 Å². The highest BCUT2D eigenvalue weighted by Crippen LogP contribution is 2.21. The van der Waals surface area contributed by atoms with Gasteiger partial charge in [-0.25, -0.2) is 9.78 Å². The second-order valence-corrected chi connectivity index (χ2v) is 3.70. The number of fused-ring (bicyclic) bond motifs is 1. The zero-order valence-corrected chi connectivity index (χ0v) is 7.15. The maximum atomic E-state index is 10.5. The van der Waals surface area contributed by atoms with Crippen molar-refractivity contribution in [2.75, 3.05) is 6.54 Å². The van der Waals surface area contributed by atoms with E-state index < -0.39 is 5.97 Å². The molecule has 12 heavy (non-hydrogen) atoms. The number of aromatic carboxylic acids is 1. The summed E-state index contributed by atoms with van der Waals surface area (Å²) >= 11 is 1.27. The smallest absolute Gasteiger partial charge is 0.365 e. The van der Waals surface area contributed by atoms with E-state index in [-0.39, 0.29) is 5.01 Å². The van der Waals surface area contributed by atoms with Crippen molar-refractivity contribution in [1.82, 2.24) is 10.3 Å². The number of aromatic nitrogens is 1. The Labute approximate surface area is 73.3 Å². The van der Waals surface area contributed by atoms with Crippen LogP contribution in [-0.4, -0.2) is 22.6 Å². The van der Waals surface area contributed by atoms with Crippen molar-refractivity contribution in [3.05, 3.63) is 15.6 Å². The van der Waals surface area contributed by atoms with Gasteiger partial charge in [-0.1, -0.05) is 0 Å². The molecule has 1 aliphatic heterocycles. The number of hydrogen-bond donors (Lipinski definition) is 2. The van der Waals surface area contributed by atoms with E-state index in [1.165, 1.54) is 11.3 Å². The van der Waals surface area contributed by atoms with E-state index in [1.807, 2.05) is 0 Å². The molecule has 0 fully saturated rings. The van der Waals surface area contributed by atoms with Crippen molar-refractivity contribution in [2.45, 2.75) is 13.0 Å². The van der Waals surface area contributed by atoms with E-state index in [2.05, 4.69) is 10.3 Å². The molecule has 0 aliphatic carbocycles. The highest BCUT2D eigenvalue weighted by Gasteiger charge is 2.17. The van der Waals surface area contributed by atoms with Crippen molar-refractivity contribution >= 4 is 17.3 Å². The summed E-state index contributed by atoms with van der Waals surface area (Å²) in [5.74, 6) is -0.922. The fourth-order valence-electron chi connectivity index (χ4n) is 1.22. The molecule has 1 aromatic rings. The molecule has 2 N–H and O–H groups in total. The van der Waals surface area contributed by atoms with Gasteiger partial charge in [-0.2, -0.15) is 0 Å². The Morgan fingerprint density at radius 2 is 2.50 bits per heavy atom. The van der Waals surface area contributed by atoms with Crippen LogP contribution in [0, 0.1) is 0 Å². The minimum absolute atomic E-state index is 0.212. The monoisotopic (exact) mass is 184 g/mol. The standard InChI is InChI=1S/C7H8N2O2S/c10-7(11)6-9-4-1-2-8-3-5(4)12-6/h8H,1-3H2,(H,10,11). The third-order valence-electron chi connectivity index (χ3n) is 1.79. The van der Waals surface area contributed by atoms with Gasteiger partial charge >= 0.3 is 5.97 Å². The van der Waals surface area contributed by atoms with Crippen molar-refractivity contribution in [2.24, 2.45) is 0 Å². The molecule has 0 aromatic carbocycles. The van der Waals surface area contributed by atoms with Crippen LogP contribution in [0.3, 0.4) is 0 Å². The average molecular weight is 184 g/mol. The molecule has 0 saturated carbocycles. The van der Waals surface area contributed by atoms with E-state index in [1.54, 1.807) is 0 Å². The zero-order valence-electron chi connectivity index (χ0n) is 6.33. The number of carboxylic acid groups (broad SMARTS) is 1. The molecule has 1 aliphatic rings. The van der Waals surface area contributed by atoms with Crippen molar-refractivity contribution < 1.29 is 9.90 Å². The van der Waals surface area contributed by atoms with E-state index in [9.17, 15) is 4.79 Å².